The summed E-state index contributed by atoms with van der Waals surface area (Å²) in [5.41, 5.74) is 0.839. The molecule has 0 N–H and O–H groups in total. The Morgan fingerprint density at radius 1 is 0.926 bits per heavy atom. The summed E-state index contributed by atoms with van der Waals surface area (Å²) < 4.78 is 19.3. The van der Waals surface area contributed by atoms with Crippen LogP contribution in [0.5, 0.6) is 0 Å². The fourth-order valence-electron chi connectivity index (χ4n) is 3.34. The van der Waals surface area contributed by atoms with E-state index in [-0.39, 0.29) is 5.41 Å². The third-order valence-electron chi connectivity index (χ3n) is 6.19. The Labute approximate surface area is 167 Å². The van der Waals surface area contributed by atoms with Crippen LogP contribution in [0.25, 0.3) is 0 Å². The Balaban J connectivity index is 2.48. The number of benzene rings is 1. The molecule has 0 aromatic heterocycles. The average molecular weight is 380 g/mol. The first-order valence-corrected chi connectivity index (χ1v) is 10.4. The van der Waals surface area contributed by atoms with Gasteiger partial charge in [0.05, 0.1) is 0 Å². The van der Waals surface area contributed by atoms with Crippen molar-refractivity contribution in [1.82, 2.24) is 4.90 Å². The molecule has 0 heterocycles. The summed E-state index contributed by atoms with van der Waals surface area (Å²) in [5, 5.41) is 0. The topological polar surface area (TPSA) is 12.5 Å². The third kappa shape index (κ3) is 8.31. The Morgan fingerprint density at radius 3 is 1.96 bits per heavy atom. The Morgan fingerprint density at radius 2 is 1.44 bits per heavy atom. The van der Waals surface area contributed by atoms with Gasteiger partial charge in [-0.3, -0.25) is 0 Å². The van der Waals surface area contributed by atoms with Gasteiger partial charge in [0.2, 0.25) is 0 Å². The number of hydrogen-bond donors (Lipinski definition) is 0. The highest BCUT2D eigenvalue weighted by atomic mass is 19.1. The van der Waals surface area contributed by atoms with Crippen molar-refractivity contribution in [3.8, 4) is 0 Å². The highest BCUT2D eigenvalue weighted by molar-refractivity contribution is 5.30. The van der Waals surface area contributed by atoms with Crippen molar-refractivity contribution < 1.29 is 9.13 Å². The van der Waals surface area contributed by atoms with Crippen LogP contribution in [0.3, 0.4) is 0 Å². The van der Waals surface area contributed by atoms with Gasteiger partial charge in [0.25, 0.3) is 0 Å². The van der Waals surface area contributed by atoms with E-state index in [9.17, 15) is 4.39 Å². The number of hydrogen-bond acceptors (Lipinski definition) is 2. The average Bonchev–Trinajstić information content (AvgIpc) is 2.61. The van der Waals surface area contributed by atoms with Crippen LogP contribution in [-0.4, -0.2) is 38.8 Å². The molecule has 0 aliphatic rings. The molecule has 1 rings (SSSR count). The molecule has 156 valence electrons. The number of alkyl halides is 1. The summed E-state index contributed by atoms with van der Waals surface area (Å²) in [6, 6.07) is 8.06. The number of halogens is 1. The van der Waals surface area contributed by atoms with Crippen LogP contribution in [0.1, 0.15) is 71.9 Å². The molecule has 0 amide bonds. The monoisotopic (exact) mass is 379 g/mol. The lowest BCUT2D eigenvalue weighted by atomic mass is 9.80. The van der Waals surface area contributed by atoms with Gasteiger partial charge in [-0.25, -0.2) is 4.39 Å². The van der Waals surface area contributed by atoms with Gasteiger partial charge in [-0.2, -0.15) is 0 Å². The van der Waals surface area contributed by atoms with Crippen molar-refractivity contribution >= 4 is 0 Å². The van der Waals surface area contributed by atoms with E-state index in [0.717, 1.165) is 38.1 Å². The van der Waals surface area contributed by atoms with E-state index < -0.39 is 5.67 Å². The minimum Gasteiger partial charge on any atom is -0.385 e. The molecule has 0 bridgehead atoms. The predicted molar refractivity (Wildman–Crippen MR) is 115 cm³/mol. The van der Waals surface area contributed by atoms with Gasteiger partial charge < -0.3 is 9.64 Å². The minimum atomic E-state index is -1.28. The number of rotatable bonds is 12. The second-order valence-electron chi connectivity index (χ2n) is 9.51. The fourth-order valence-corrected chi connectivity index (χ4v) is 3.34. The van der Waals surface area contributed by atoms with Gasteiger partial charge in [-0.1, -0.05) is 52.0 Å². The van der Waals surface area contributed by atoms with Gasteiger partial charge in [0.15, 0.2) is 0 Å². The van der Waals surface area contributed by atoms with Crippen molar-refractivity contribution in [1.29, 1.82) is 0 Å². The quantitative estimate of drug-likeness (QED) is 0.429. The van der Waals surface area contributed by atoms with Gasteiger partial charge in [0.1, 0.15) is 5.67 Å². The van der Waals surface area contributed by atoms with Gasteiger partial charge in [0, 0.05) is 13.7 Å². The van der Waals surface area contributed by atoms with Crippen molar-refractivity contribution in [2.75, 3.05) is 33.9 Å². The number of methoxy groups -OCH3 is 1. The normalized spacial score (nSPS) is 15.2. The Bertz CT molecular complexity index is 532. The summed E-state index contributed by atoms with van der Waals surface area (Å²) in [6.07, 6.45) is 3.46. The van der Waals surface area contributed by atoms with Crippen LogP contribution in [0.2, 0.25) is 0 Å². The van der Waals surface area contributed by atoms with Crippen LogP contribution in [0.15, 0.2) is 24.3 Å². The second kappa shape index (κ2) is 10.6. The van der Waals surface area contributed by atoms with Crippen LogP contribution in [0.4, 0.5) is 4.39 Å². The van der Waals surface area contributed by atoms with Crippen molar-refractivity contribution in [2.45, 2.75) is 71.9 Å². The molecule has 2 unspecified atom stereocenters. The zero-order valence-electron chi connectivity index (χ0n) is 18.9. The molecule has 1 aromatic rings. The molecule has 0 aliphatic heterocycles. The van der Waals surface area contributed by atoms with Crippen LogP contribution < -0.4 is 0 Å². The smallest absolute Gasteiger partial charge is 0.130 e. The van der Waals surface area contributed by atoms with Crippen molar-refractivity contribution in [3.05, 3.63) is 35.4 Å². The van der Waals surface area contributed by atoms with E-state index in [1.54, 1.807) is 21.0 Å². The summed E-state index contributed by atoms with van der Waals surface area (Å²) in [6.45, 7) is 15.5. The molecule has 2 atom stereocenters. The number of ether oxygens (including phenoxy) is 1. The first kappa shape index (κ1) is 24.1. The van der Waals surface area contributed by atoms with E-state index in [0.29, 0.717) is 11.8 Å². The lowest BCUT2D eigenvalue weighted by Crippen LogP contribution is -2.29. The lowest BCUT2D eigenvalue weighted by molar-refractivity contribution is 0.162. The number of nitrogens with zero attached hydrogens (tertiary/aromatic N) is 1. The fraction of sp³-hybridized carbons (Fsp3) is 0.750. The molecule has 0 saturated carbocycles. The maximum absolute atomic E-state index is 14.1. The van der Waals surface area contributed by atoms with E-state index >= 15 is 0 Å². The van der Waals surface area contributed by atoms with Crippen LogP contribution >= 0.6 is 0 Å². The first-order chi connectivity index (χ1) is 12.5. The van der Waals surface area contributed by atoms with Gasteiger partial charge in [-0.05, 0) is 81.6 Å². The minimum absolute atomic E-state index is 0.0879. The molecule has 2 nitrogen and oxygen atoms in total. The molecule has 0 radical (unpaired) electrons. The first-order valence-electron chi connectivity index (χ1n) is 10.4. The molecule has 0 fully saturated rings. The van der Waals surface area contributed by atoms with Gasteiger partial charge >= 0.3 is 0 Å². The molecule has 1 aromatic carbocycles. The maximum Gasteiger partial charge on any atom is 0.130 e. The largest absolute Gasteiger partial charge is 0.385 e. The Hall–Kier alpha value is -0.930. The van der Waals surface area contributed by atoms with Crippen molar-refractivity contribution in [2.24, 2.45) is 11.8 Å². The standard InChI is InChI=1S/C24H42FNO/c1-19(20(2)14-18-27-8)13-16-26(7)17-15-23(3,4)21-9-11-22(12-10-21)24(5,6)25/h9-12,19-20H,13-18H2,1-8H3. The molecular formula is C24H42FNO. The molecule has 27 heavy (non-hydrogen) atoms. The highest BCUT2D eigenvalue weighted by Crippen LogP contribution is 2.31. The van der Waals surface area contributed by atoms with Crippen LogP contribution in [0, 0.1) is 11.8 Å². The zero-order chi connectivity index (χ0) is 20.7. The van der Waals surface area contributed by atoms with Crippen molar-refractivity contribution in [3.63, 3.8) is 0 Å². The SMILES string of the molecule is COCCC(C)C(C)CCN(C)CCC(C)(C)c1ccc(C(C)(C)F)cc1. The maximum atomic E-state index is 14.1. The van der Waals surface area contributed by atoms with E-state index in [1.165, 1.54) is 12.0 Å². The van der Waals surface area contributed by atoms with E-state index in [1.807, 2.05) is 12.1 Å². The molecular weight excluding hydrogens is 337 g/mol. The summed E-state index contributed by atoms with van der Waals surface area (Å²) in [4.78, 5) is 2.44. The molecule has 3 heteroatoms. The summed E-state index contributed by atoms with van der Waals surface area (Å²) >= 11 is 0. The summed E-state index contributed by atoms with van der Waals surface area (Å²) in [7, 11) is 4.00. The summed E-state index contributed by atoms with van der Waals surface area (Å²) in [5.74, 6) is 1.42. The molecule has 0 aliphatic carbocycles. The zero-order valence-corrected chi connectivity index (χ0v) is 18.9. The van der Waals surface area contributed by atoms with E-state index in [2.05, 4.69) is 51.8 Å². The third-order valence-corrected chi connectivity index (χ3v) is 6.19. The highest BCUT2D eigenvalue weighted by Gasteiger charge is 2.23. The lowest BCUT2D eigenvalue weighted by Gasteiger charge is -2.29. The van der Waals surface area contributed by atoms with Gasteiger partial charge in [-0.15, -0.1) is 0 Å². The predicted octanol–water partition coefficient (Wildman–Crippen LogP) is 6.19. The molecule has 0 saturated heterocycles. The van der Waals surface area contributed by atoms with Crippen LogP contribution in [-0.2, 0) is 15.8 Å². The van der Waals surface area contributed by atoms with E-state index in [4.69, 9.17) is 4.74 Å². The Kier molecular flexibility index (Phi) is 9.44. The molecule has 0 spiro atoms. The second-order valence-corrected chi connectivity index (χ2v) is 9.51.